The molecule has 0 aliphatic carbocycles. The molecule has 0 saturated heterocycles. The molecular weight excluding hydrogens is 409 g/mol. The van der Waals surface area contributed by atoms with Gasteiger partial charge < -0.3 is 9.88 Å². The number of hydrogen-bond acceptors (Lipinski definition) is 4. The average Bonchev–Trinajstić information content (AvgIpc) is 2.83. The zero-order valence-electron chi connectivity index (χ0n) is 17.0. The first-order chi connectivity index (χ1) is 15.1. The van der Waals surface area contributed by atoms with Crippen molar-refractivity contribution in [2.24, 2.45) is 5.10 Å². The molecule has 2 amide bonds. The zero-order valence-corrected chi connectivity index (χ0v) is 17.9. The first-order valence-electron chi connectivity index (χ1n) is 9.92. The second-order valence-electron chi connectivity index (χ2n) is 6.88. The smallest absolute Gasteiger partial charge is 0.264 e. The highest BCUT2D eigenvalue weighted by atomic mass is 31.2. The highest BCUT2D eigenvalue weighted by molar-refractivity contribution is 7.78. The van der Waals surface area contributed by atoms with Gasteiger partial charge in [-0.15, -0.1) is 0 Å². The Morgan fingerprint density at radius 3 is 1.87 bits per heavy atom. The summed E-state index contributed by atoms with van der Waals surface area (Å²) in [6.07, 6.45) is 1.21. The highest BCUT2D eigenvalue weighted by Gasteiger charge is 2.27. The monoisotopic (exact) mass is 433 g/mol. The van der Waals surface area contributed by atoms with Crippen LogP contribution in [0.25, 0.3) is 0 Å². The predicted molar refractivity (Wildman–Crippen MR) is 124 cm³/mol. The average molecular weight is 433 g/mol. The van der Waals surface area contributed by atoms with Crippen LogP contribution < -0.4 is 21.4 Å². The fourth-order valence-electron chi connectivity index (χ4n) is 3.05. The molecule has 3 rings (SSSR count). The van der Waals surface area contributed by atoms with Crippen LogP contribution in [0.4, 0.5) is 0 Å². The molecule has 0 heterocycles. The Labute approximate surface area is 181 Å². The number of hydrogen-bond donors (Lipinski definition) is 2. The number of benzene rings is 3. The normalized spacial score (nSPS) is 11.2. The molecule has 0 aliphatic rings. The van der Waals surface area contributed by atoms with E-state index in [0.29, 0.717) is 17.2 Å². The van der Waals surface area contributed by atoms with Gasteiger partial charge in [-0.1, -0.05) is 91.0 Å². The fourth-order valence-corrected chi connectivity index (χ4v) is 5.69. The lowest BCUT2D eigenvalue weighted by molar-refractivity contribution is -0.120. The van der Waals surface area contributed by atoms with E-state index in [9.17, 15) is 14.2 Å². The third-order valence-electron chi connectivity index (χ3n) is 4.68. The van der Waals surface area contributed by atoms with Crippen molar-refractivity contribution >= 4 is 35.8 Å². The fraction of sp³-hybridized carbons (Fsp3) is 0.125. The van der Waals surface area contributed by atoms with Crippen molar-refractivity contribution in [1.82, 2.24) is 10.7 Å². The molecule has 0 bridgehead atoms. The van der Waals surface area contributed by atoms with Crippen molar-refractivity contribution in [3.63, 3.8) is 0 Å². The molecule has 0 aromatic heterocycles. The lowest BCUT2D eigenvalue weighted by Crippen LogP contribution is -2.27. The van der Waals surface area contributed by atoms with E-state index in [1.165, 1.54) is 0 Å². The molecule has 158 valence electrons. The van der Waals surface area contributed by atoms with E-state index in [0.717, 1.165) is 11.8 Å². The van der Waals surface area contributed by atoms with Gasteiger partial charge in [-0.3, -0.25) is 9.59 Å². The van der Waals surface area contributed by atoms with Crippen LogP contribution in [0.5, 0.6) is 0 Å². The summed E-state index contributed by atoms with van der Waals surface area (Å²) in [5.41, 5.74) is 3.30. The van der Waals surface area contributed by atoms with E-state index in [-0.39, 0.29) is 12.6 Å². The standard InChI is InChI=1S/C24H24N3O3P/c28-23(27-26-19-24(29)25-18-20-10-4-1-5-11-20)16-17-31(30,21-12-6-2-7-13-21)22-14-8-3-9-15-22/h1-15,19H,16-18H2,(H,25,29)(H,27,28). The predicted octanol–water partition coefficient (Wildman–Crippen LogP) is 2.81. The number of nitrogens with one attached hydrogen (secondary N) is 2. The molecule has 6 nitrogen and oxygen atoms in total. The van der Waals surface area contributed by atoms with Crippen LogP contribution >= 0.6 is 7.14 Å². The van der Waals surface area contributed by atoms with Gasteiger partial charge in [0.1, 0.15) is 13.4 Å². The van der Waals surface area contributed by atoms with Gasteiger partial charge in [-0.25, -0.2) is 5.43 Å². The molecule has 0 unspecified atom stereocenters. The number of hydrazone groups is 1. The molecule has 0 fully saturated rings. The maximum absolute atomic E-state index is 13.8. The topological polar surface area (TPSA) is 87.6 Å². The summed E-state index contributed by atoms with van der Waals surface area (Å²) in [5.74, 6) is -0.817. The van der Waals surface area contributed by atoms with Crippen LogP contribution in [0.3, 0.4) is 0 Å². The van der Waals surface area contributed by atoms with E-state index in [1.54, 1.807) is 0 Å². The largest absolute Gasteiger partial charge is 0.347 e. The highest BCUT2D eigenvalue weighted by Crippen LogP contribution is 2.43. The van der Waals surface area contributed by atoms with Crippen molar-refractivity contribution in [3.05, 3.63) is 96.6 Å². The van der Waals surface area contributed by atoms with Crippen molar-refractivity contribution in [2.75, 3.05) is 6.16 Å². The summed E-state index contributed by atoms with van der Waals surface area (Å²) in [6, 6.07) is 27.8. The Morgan fingerprint density at radius 1 is 0.806 bits per heavy atom. The molecule has 0 spiro atoms. The quantitative estimate of drug-likeness (QED) is 0.309. The van der Waals surface area contributed by atoms with E-state index < -0.39 is 19.0 Å². The molecule has 31 heavy (non-hydrogen) atoms. The van der Waals surface area contributed by atoms with Crippen molar-refractivity contribution in [3.8, 4) is 0 Å². The Morgan fingerprint density at radius 2 is 1.32 bits per heavy atom. The molecule has 0 saturated carbocycles. The summed E-state index contributed by atoms with van der Waals surface area (Å²) in [7, 11) is -2.97. The van der Waals surface area contributed by atoms with Gasteiger partial charge in [0.2, 0.25) is 5.91 Å². The second-order valence-corrected chi connectivity index (χ2v) is 9.84. The van der Waals surface area contributed by atoms with Gasteiger partial charge in [0.15, 0.2) is 0 Å². The van der Waals surface area contributed by atoms with Gasteiger partial charge in [-0.05, 0) is 5.56 Å². The number of amides is 2. The number of carbonyl (C=O) groups is 2. The SMILES string of the molecule is O=C(C=NNC(=O)CCP(=O)(c1ccccc1)c1ccccc1)NCc1ccccc1. The number of nitrogens with zero attached hydrogens (tertiary/aromatic N) is 1. The van der Waals surface area contributed by atoms with Gasteiger partial charge in [0.05, 0.1) is 0 Å². The van der Waals surface area contributed by atoms with Crippen molar-refractivity contribution in [2.45, 2.75) is 13.0 Å². The summed E-state index contributed by atoms with van der Waals surface area (Å²) in [4.78, 5) is 24.1. The van der Waals surface area contributed by atoms with E-state index in [1.807, 2.05) is 91.0 Å². The summed E-state index contributed by atoms with van der Waals surface area (Å²) in [6.45, 7) is 0.372. The van der Waals surface area contributed by atoms with Gasteiger partial charge in [0.25, 0.3) is 5.91 Å². The third-order valence-corrected chi connectivity index (χ3v) is 7.80. The van der Waals surface area contributed by atoms with Crippen LogP contribution in [-0.4, -0.2) is 24.2 Å². The third kappa shape index (κ3) is 6.49. The van der Waals surface area contributed by atoms with Crippen LogP contribution in [0.2, 0.25) is 0 Å². The van der Waals surface area contributed by atoms with Gasteiger partial charge >= 0.3 is 0 Å². The van der Waals surface area contributed by atoms with Gasteiger partial charge in [0, 0.05) is 29.7 Å². The Bertz CT molecular complexity index is 1030. The molecule has 2 N–H and O–H groups in total. The maximum atomic E-state index is 13.8. The molecule has 0 radical (unpaired) electrons. The minimum atomic E-state index is -2.97. The summed E-state index contributed by atoms with van der Waals surface area (Å²) < 4.78 is 13.8. The minimum absolute atomic E-state index is 0.0179. The second kappa shape index (κ2) is 11.0. The molecule has 3 aromatic carbocycles. The van der Waals surface area contributed by atoms with Crippen LogP contribution in [0, 0.1) is 0 Å². The van der Waals surface area contributed by atoms with Crippen molar-refractivity contribution in [1.29, 1.82) is 0 Å². The summed E-state index contributed by atoms with van der Waals surface area (Å²) in [5, 5.41) is 7.80. The summed E-state index contributed by atoms with van der Waals surface area (Å²) >= 11 is 0. The first kappa shape index (κ1) is 22.2. The zero-order chi connectivity index (χ0) is 21.9. The number of carbonyl (C=O) groups excluding carboxylic acids is 2. The van der Waals surface area contributed by atoms with Crippen LogP contribution in [-0.2, 0) is 20.7 Å². The Balaban J connectivity index is 1.55. The Hall–Kier alpha value is -3.50. The van der Waals surface area contributed by atoms with E-state index in [2.05, 4.69) is 15.8 Å². The lowest BCUT2D eigenvalue weighted by Gasteiger charge is -2.18. The minimum Gasteiger partial charge on any atom is -0.347 e. The van der Waals surface area contributed by atoms with E-state index in [4.69, 9.17) is 0 Å². The molecular formula is C24H24N3O3P. The van der Waals surface area contributed by atoms with Crippen molar-refractivity contribution < 1.29 is 14.2 Å². The molecule has 7 heteroatoms. The molecule has 0 aliphatic heterocycles. The van der Waals surface area contributed by atoms with Gasteiger partial charge in [-0.2, -0.15) is 5.10 Å². The van der Waals surface area contributed by atoms with Crippen LogP contribution in [0.15, 0.2) is 96.1 Å². The lowest BCUT2D eigenvalue weighted by atomic mass is 10.2. The maximum Gasteiger partial charge on any atom is 0.264 e. The van der Waals surface area contributed by atoms with Crippen LogP contribution in [0.1, 0.15) is 12.0 Å². The molecule has 0 atom stereocenters. The first-order valence-corrected chi connectivity index (χ1v) is 11.8. The Kier molecular flexibility index (Phi) is 7.91. The number of rotatable bonds is 9. The van der Waals surface area contributed by atoms with E-state index >= 15 is 0 Å². The molecule has 3 aromatic rings.